The molecule has 1 saturated heterocycles. The van der Waals surface area contributed by atoms with Crippen LogP contribution in [0.25, 0.3) is 0 Å². The summed E-state index contributed by atoms with van der Waals surface area (Å²) in [5.74, 6) is 0.924. The van der Waals surface area contributed by atoms with Crippen LogP contribution in [0, 0.1) is 0 Å². The molecule has 0 saturated carbocycles. The highest BCUT2D eigenvalue weighted by molar-refractivity contribution is 6.99. The minimum absolute atomic E-state index is 0.00935. The highest BCUT2D eigenvalue weighted by Crippen LogP contribution is 2.37. The second kappa shape index (κ2) is 9.15. The summed E-state index contributed by atoms with van der Waals surface area (Å²) in [6, 6.07) is 21.8. The molecule has 0 spiro atoms. The Labute approximate surface area is 187 Å². The third-order valence-corrected chi connectivity index (χ3v) is 11.6. The lowest BCUT2D eigenvalue weighted by atomic mass is 10.1. The lowest BCUT2D eigenvalue weighted by Crippen LogP contribution is -2.68. The quantitative estimate of drug-likeness (QED) is 0.681. The molecule has 2 aromatic carbocycles. The molecular weight excluding hydrogens is 402 g/mol. The van der Waals surface area contributed by atoms with E-state index >= 15 is 0 Å². The summed E-state index contributed by atoms with van der Waals surface area (Å²) >= 11 is 0. The van der Waals surface area contributed by atoms with Gasteiger partial charge in [-0.3, -0.25) is 0 Å². The van der Waals surface area contributed by atoms with Gasteiger partial charge in [-0.05, 0) is 28.3 Å². The predicted octanol–water partition coefficient (Wildman–Crippen LogP) is 2.35. The van der Waals surface area contributed by atoms with Crippen LogP contribution < -0.4 is 15.7 Å². The maximum atomic E-state index is 9.53. The molecule has 166 valence electrons. The van der Waals surface area contributed by atoms with E-state index in [1.165, 1.54) is 10.4 Å². The Morgan fingerprint density at radius 2 is 1.58 bits per heavy atom. The zero-order valence-electron chi connectivity index (χ0n) is 18.9. The van der Waals surface area contributed by atoms with Crippen molar-refractivity contribution in [2.75, 3.05) is 26.3 Å². The normalized spacial score (nSPS) is 21.8. The Hall–Kier alpha value is -2.15. The minimum atomic E-state index is -2.53. The van der Waals surface area contributed by atoms with Crippen LogP contribution in [0.1, 0.15) is 33.6 Å². The summed E-state index contributed by atoms with van der Waals surface area (Å²) in [7, 11) is -2.53. The van der Waals surface area contributed by atoms with E-state index in [0.29, 0.717) is 6.61 Å². The number of nitrogens with one attached hydrogen (secondary N) is 1. The fraction of sp³-hybridized carbons (Fsp3) is 0.480. The summed E-state index contributed by atoms with van der Waals surface area (Å²) in [5.41, 5.74) is 0. The average Bonchev–Trinajstić information content (AvgIpc) is 2.79. The topological polar surface area (TPSA) is 57.1 Å². The van der Waals surface area contributed by atoms with Gasteiger partial charge >= 0.3 is 0 Å². The zero-order valence-corrected chi connectivity index (χ0v) is 19.9. The van der Waals surface area contributed by atoms with Gasteiger partial charge in [-0.25, -0.2) is 4.99 Å². The number of aliphatic hydroxyl groups excluding tert-OH is 1. The largest absolute Gasteiger partial charge is 0.405 e. The first-order valence-corrected chi connectivity index (χ1v) is 13.3. The van der Waals surface area contributed by atoms with Crippen LogP contribution in [0.5, 0.6) is 0 Å². The van der Waals surface area contributed by atoms with Gasteiger partial charge in [0, 0.05) is 13.1 Å². The Balaban J connectivity index is 1.62. The SMILES string of the molecule is CC(C)(C)[Si](OC[C@H]1CCN2CC[C@H](CO)N=C2N1)(c1ccccc1)c1ccccc1. The summed E-state index contributed by atoms with van der Waals surface area (Å²) in [6.07, 6.45) is 1.95. The smallest absolute Gasteiger partial charge is 0.261 e. The lowest BCUT2D eigenvalue weighted by Gasteiger charge is -2.45. The Bertz CT molecular complexity index is 843. The third-order valence-electron chi connectivity index (χ3n) is 6.55. The second-order valence-electron chi connectivity index (χ2n) is 9.67. The number of hydrogen-bond donors (Lipinski definition) is 2. The summed E-state index contributed by atoms with van der Waals surface area (Å²) in [6.45, 7) is 9.63. The van der Waals surface area contributed by atoms with Crippen molar-refractivity contribution in [3.05, 3.63) is 60.7 Å². The molecule has 1 fully saturated rings. The van der Waals surface area contributed by atoms with Crippen LogP contribution in [0.15, 0.2) is 65.7 Å². The van der Waals surface area contributed by atoms with Gasteiger partial charge in [-0.2, -0.15) is 0 Å². The van der Waals surface area contributed by atoms with Gasteiger partial charge in [-0.15, -0.1) is 0 Å². The van der Waals surface area contributed by atoms with E-state index < -0.39 is 8.32 Å². The van der Waals surface area contributed by atoms with E-state index in [9.17, 15) is 5.11 Å². The minimum Gasteiger partial charge on any atom is -0.405 e. The number of nitrogens with zero attached hydrogens (tertiary/aromatic N) is 2. The van der Waals surface area contributed by atoms with E-state index in [4.69, 9.17) is 9.42 Å². The van der Waals surface area contributed by atoms with Gasteiger partial charge in [0.2, 0.25) is 0 Å². The maximum Gasteiger partial charge on any atom is 0.261 e. The first kappa shape index (κ1) is 22.1. The van der Waals surface area contributed by atoms with Crippen LogP contribution in [0.4, 0.5) is 0 Å². The standard InChI is InChI=1S/C25H35N3O2Si/c1-25(2,3)31(22-10-6-4-7-11-22,23-12-8-5-9-13-23)30-19-21-15-17-28-16-14-20(18-29)26-24(28)27-21/h4-13,20-21,29H,14-19H2,1-3H3,(H,26,27)/t20-,21-/m1/s1. The molecule has 31 heavy (non-hydrogen) atoms. The molecule has 4 rings (SSSR count). The van der Waals surface area contributed by atoms with Crippen molar-refractivity contribution in [1.82, 2.24) is 10.2 Å². The van der Waals surface area contributed by atoms with Gasteiger partial charge in [0.05, 0.1) is 25.3 Å². The molecule has 0 amide bonds. The number of rotatable bonds is 6. The molecule has 0 radical (unpaired) electrons. The molecule has 2 N–H and O–H groups in total. The monoisotopic (exact) mass is 437 g/mol. The number of guanidine groups is 1. The molecular formula is C25H35N3O2Si. The van der Waals surface area contributed by atoms with Crippen molar-refractivity contribution in [3.63, 3.8) is 0 Å². The van der Waals surface area contributed by atoms with Gasteiger partial charge in [0.15, 0.2) is 5.96 Å². The van der Waals surface area contributed by atoms with Gasteiger partial charge in [0.1, 0.15) is 0 Å². The predicted molar refractivity (Wildman–Crippen MR) is 130 cm³/mol. The van der Waals surface area contributed by atoms with E-state index in [-0.39, 0.29) is 23.7 Å². The first-order valence-electron chi connectivity index (χ1n) is 11.4. The maximum absolute atomic E-state index is 9.53. The number of fused-ring (bicyclic) bond motifs is 1. The van der Waals surface area contributed by atoms with Gasteiger partial charge < -0.3 is 19.7 Å². The summed E-state index contributed by atoms with van der Waals surface area (Å²) in [4.78, 5) is 7.02. The van der Waals surface area contributed by atoms with Crippen molar-refractivity contribution < 1.29 is 9.53 Å². The van der Waals surface area contributed by atoms with Crippen LogP contribution >= 0.6 is 0 Å². The van der Waals surface area contributed by atoms with Crippen LogP contribution in [-0.4, -0.2) is 62.7 Å². The molecule has 0 aromatic heterocycles. The van der Waals surface area contributed by atoms with E-state index in [2.05, 4.69) is 91.7 Å². The van der Waals surface area contributed by atoms with Crippen molar-refractivity contribution in [2.24, 2.45) is 4.99 Å². The highest BCUT2D eigenvalue weighted by atomic mass is 28.4. The van der Waals surface area contributed by atoms with Gasteiger partial charge in [-0.1, -0.05) is 81.4 Å². The molecule has 2 aromatic rings. The van der Waals surface area contributed by atoms with Crippen molar-refractivity contribution in [2.45, 2.75) is 50.7 Å². The molecule has 0 aliphatic carbocycles. The van der Waals surface area contributed by atoms with Crippen molar-refractivity contribution in [3.8, 4) is 0 Å². The van der Waals surface area contributed by atoms with Crippen molar-refractivity contribution in [1.29, 1.82) is 0 Å². The number of aliphatic hydroxyl groups is 1. The summed E-state index contributed by atoms with van der Waals surface area (Å²) < 4.78 is 7.09. The van der Waals surface area contributed by atoms with E-state index in [0.717, 1.165) is 31.9 Å². The number of benzene rings is 2. The van der Waals surface area contributed by atoms with E-state index in [1.54, 1.807) is 0 Å². The fourth-order valence-electron chi connectivity index (χ4n) is 4.89. The Morgan fingerprint density at radius 3 is 2.13 bits per heavy atom. The number of aliphatic imine (C=N–C) groups is 1. The highest BCUT2D eigenvalue weighted by Gasteiger charge is 2.50. The third kappa shape index (κ3) is 4.42. The molecule has 0 unspecified atom stereocenters. The lowest BCUT2D eigenvalue weighted by molar-refractivity contribution is 0.200. The van der Waals surface area contributed by atoms with Crippen LogP contribution in [0.3, 0.4) is 0 Å². The molecule has 0 bridgehead atoms. The van der Waals surface area contributed by atoms with E-state index in [1.807, 2.05) is 0 Å². The van der Waals surface area contributed by atoms with Crippen molar-refractivity contribution >= 4 is 24.7 Å². The molecule has 2 aliphatic rings. The Kier molecular flexibility index (Phi) is 6.51. The zero-order chi connectivity index (χ0) is 21.9. The number of hydrogen-bond acceptors (Lipinski definition) is 5. The molecule has 2 aliphatic heterocycles. The van der Waals surface area contributed by atoms with Crippen LogP contribution in [0.2, 0.25) is 5.04 Å². The van der Waals surface area contributed by atoms with Crippen LogP contribution in [-0.2, 0) is 4.43 Å². The Morgan fingerprint density at radius 1 is 1.00 bits per heavy atom. The molecule has 2 heterocycles. The van der Waals surface area contributed by atoms with Gasteiger partial charge in [0.25, 0.3) is 8.32 Å². The molecule has 5 nitrogen and oxygen atoms in total. The average molecular weight is 438 g/mol. The second-order valence-corrected chi connectivity index (χ2v) is 14.0. The summed E-state index contributed by atoms with van der Waals surface area (Å²) in [5, 5.41) is 15.7. The fourth-order valence-corrected chi connectivity index (χ4v) is 9.49. The molecule has 6 heteroatoms. The first-order chi connectivity index (χ1) is 14.9. The molecule has 2 atom stereocenters.